The molecule has 4 heteroatoms. The minimum absolute atomic E-state index is 0.132. The molecule has 1 aromatic heterocycles. The standard InChI is InChI=1S/C12H15N3O/c1-8(13)12(16)15-7-9-3-2-4-11-10(9)5-6-14-11/h2-6,8,14H,7,13H2,1H3,(H,15,16). The van der Waals surface area contributed by atoms with E-state index in [4.69, 9.17) is 5.73 Å². The molecule has 2 aromatic rings. The van der Waals surface area contributed by atoms with E-state index in [9.17, 15) is 4.79 Å². The highest BCUT2D eigenvalue weighted by atomic mass is 16.2. The summed E-state index contributed by atoms with van der Waals surface area (Å²) in [4.78, 5) is 14.5. The van der Waals surface area contributed by atoms with Crippen LogP contribution in [0.3, 0.4) is 0 Å². The number of aromatic amines is 1. The van der Waals surface area contributed by atoms with E-state index >= 15 is 0 Å². The Labute approximate surface area is 93.8 Å². The van der Waals surface area contributed by atoms with Gasteiger partial charge in [0.2, 0.25) is 5.91 Å². The highest BCUT2D eigenvalue weighted by Gasteiger charge is 2.07. The SMILES string of the molecule is CC(N)C(=O)NCc1cccc2[nH]ccc12. The second-order valence-corrected chi connectivity index (χ2v) is 3.86. The van der Waals surface area contributed by atoms with Gasteiger partial charge in [0.25, 0.3) is 0 Å². The predicted molar refractivity (Wildman–Crippen MR) is 63.8 cm³/mol. The number of hydrogen-bond donors (Lipinski definition) is 3. The van der Waals surface area contributed by atoms with Crippen molar-refractivity contribution in [3.05, 3.63) is 36.0 Å². The number of hydrogen-bond acceptors (Lipinski definition) is 2. The van der Waals surface area contributed by atoms with Crippen LogP contribution in [0.1, 0.15) is 12.5 Å². The predicted octanol–water partition coefficient (Wildman–Crippen LogP) is 1.13. The van der Waals surface area contributed by atoms with E-state index in [2.05, 4.69) is 10.3 Å². The van der Waals surface area contributed by atoms with Crippen LogP contribution in [0.15, 0.2) is 30.5 Å². The molecular weight excluding hydrogens is 202 g/mol. The number of H-pyrrole nitrogens is 1. The zero-order valence-corrected chi connectivity index (χ0v) is 9.16. The summed E-state index contributed by atoms with van der Waals surface area (Å²) >= 11 is 0. The highest BCUT2D eigenvalue weighted by Crippen LogP contribution is 2.16. The van der Waals surface area contributed by atoms with Gasteiger partial charge in [0.15, 0.2) is 0 Å². The molecule has 0 aliphatic heterocycles. The molecule has 0 radical (unpaired) electrons. The molecule has 1 atom stereocenters. The molecule has 4 N–H and O–H groups in total. The molecule has 0 aliphatic rings. The molecule has 84 valence electrons. The van der Waals surface area contributed by atoms with Gasteiger partial charge in [-0.15, -0.1) is 0 Å². The maximum absolute atomic E-state index is 11.3. The minimum Gasteiger partial charge on any atom is -0.361 e. The van der Waals surface area contributed by atoms with Gasteiger partial charge in [-0.05, 0) is 24.6 Å². The second kappa shape index (κ2) is 4.37. The van der Waals surface area contributed by atoms with E-state index < -0.39 is 6.04 Å². The largest absolute Gasteiger partial charge is 0.361 e. The molecule has 1 unspecified atom stereocenters. The summed E-state index contributed by atoms with van der Waals surface area (Å²) < 4.78 is 0. The molecule has 2 rings (SSSR count). The fraction of sp³-hybridized carbons (Fsp3) is 0.250. The lowest BCUT2D eigenvalue weighted by Gasteiger charge is -2.08. The summed E-state index contributed by atoms with van der Waals surface area (Å²) in [5, 5.41) is 3.93. The number of amides is 1. The van der Waals surface area contributed by atoms with Gasteiger partial charge < -0.3 is 16.0 Å². The van der Waals surface area contributed by atoms with Crippen molar-refractivity contribution in [3.63, 3.8) is 0 Å². The summed E-state index contributed by atoms with van der Waals surface area (Å²) in [6.07, 6.45) is 1.89. The van der Waals surface area contributed by atoms with E-state index in [0.717, 1.165) is 16.5 Å². The molecule has 1 amide bonds. The monoisotopic (exact) mass is 217 g/mol. The molecule has 0 saturated heterocycles. The van der Waals surface area contributed by atoms with Gasteiger partial charge in [0.1, 0.15) is 0 Å². The molecule has 0 aliphatic carbocycles. The second-order valence-electron chi connectivity index (χ2n) is 3.86. The van der Waals surface area contributed by atoms with Crippen molar-refractivity contribution in [1.29, 1.82) is 0 Å². The Bertz CT molecular complexity index is 502. The normalized spacial score (nSPS) is 12.6. The molecule has 4 nitrogen and oxygen atoms in total. The van der Waals surface area contributed by atoms with Crippen LogP contribution in [-0.4, -0.2) is 16.9 Å². The highest BCUT2D eigenvalue weighted by molar-refractivity contribution is 5.84. The lowest BCUT2D eigenvalue weighted by Crippen LogP contribution is -2.37. The molecule has 1 heterocycles. The molecule has 0 fully saturated rings. The summed E-state index contributed by atoms with van der Waals surface area (Å²) in [6, 6.07) is 7.50. The van der Waals surface area contributed by atoms with E-state index in [1.165, 1.54) is 0 Å². The molecule has 1 aromatic carbocycles. The maximum atomic E-state index is 11.3. The quantitative estimate of drug-likeness (QED) is 0.721. The summed E-state index contributed by atoms with van der Waals surface area (Å²) in [5.41, 5.74) is 7.64. The fourth-order valence-electron chi connectivity index (χ4n) is 1.65. The van der Waals surface area contributed by atoms with Crippen LogP contribution < -0.4 is 11.1 Å². The van der Waals surface area contributed by atoms with E-state index in [-0.39, 0.29) is 5.91 Å². The van der Waals surface area contributed by atoms with Crippen molar-refractivity contribution >= 4 is 16.8 Å². The van der Waals surface area contributed by atoms with Gasteiger partial charge in [-0.2, -0.15) is 0 Å². The first-order chi connectivity index (χ1) is 7.68. The van der Waals surface area contributed by atoms with Crippen molar-refractivity contribution < 1.29 is 4.79 Å². The van der Waals surface area contributed by atoms with E-state index in [1.807, 2.05) is 30.5 Å². The van der Waals surface area contributed by atoms with Crippen molar-refractivity contribution in [2.75, 3.05) is 0 Å². The fourth-order valence-corrected chi connectivity index (χ4v) is 1.65. The van der Waals surface area contributed by atoms with Crippen LogP contribution in [-0.2, 0) is 11.3 Å². The van der Waals surface area contributed by atoms with Gasteiger partial charge in [0.05, 0.1) is 6.04 Å². The third-order valence-corrected chi connectivity index (χ3v) is 2.55. The molecule has 0 saturated carbocycles. The third kappa shape index (κ3) is 2.06. The lowest BCUT2D eigenvalue weighted by atomic mass is 10.1. The number of carbonyl (C=O) groups is 1. The Morgan fingerprint density at radius 2 is 2.31 bits per heavy atom. The number of fused-ring (bicyclic) bond motifs is 1. The Morgan fingerprint density at radius 1 is 1.50 bits per heavy atom. The average Bonchev–Trinajstić information content (AvgIpc) is 2.73. The lowest BCUT2D eigenvalue weighted by molar-refractivity contribution is -0.122. The first-order valence-corrected chi connectivity index (χ1v) is 5.27. The number of nitrogens with two attached hydrogens (primary N) is 1. The Morgan fingerprint density at radius 3 is 3.06 bits per heavy atom. The molecule has 0 spiro atoms. The van der Waals surface area contributed by atoms with Gasteiger partial charge in [0, 0.05) is 23.6 Å². The van der Waals surface area contributed by atoms with Crippen LogP contribution >= 0.6 is 0 Å². The van der Waals surface area contributed by atoms with E-state index in [1.54, 1.807) is 6.92 Å². The third-order valence-electron chi connectivity index (χ3n) is 2.55. The smallest absolute Gasteiger partial charge is 0.236 e. The van der Waals surface area contributed by atoms with Crippen LogP contribution in [0, 0.1) is 0 Å². The Kier molecular flexibility index (Phi) is 2.92. The summed E-state index contributed by atoms with van der Waals surface area (Å²) in [6.45, 7) is 2.18. The van der Waals surface area contributed by atoms with Crippen molar-refractivity contribution in [1.82, 2.24) is 10.3 Å². The van der Waals surface area contributed by atoms with Crippen LogP contribution in [0.2, 0.25) is 0 Å². The van der Waals surface area contributed by atoms with Crippen molar-refractivity contribution in [2.24, 2.45) is 5.73 Å². The zero-order valence-electron chi connectivity index (χ0n) is 9.16. The number of rotatable bonds is 3. The molecular formula is C12H15N3O. The first-order valence-electron chi connectivity index (χ1n) is 5.27. The number of aromatic nitrogens is 1. The summed E-state index contributed by atoms with van der Waals surface area (Å²) in [7, 11) is 0. The Balaban J connectivity index is 2.15. The van der Waals surface area contributed by atoms with Crippen LogP contribution in [0.4, 0.5) is 0 Å². The van der Waals surface area contributed by atoms with E-state index in [0.29, 0.717) is 6.54 Å². The first kappa shape index (κ1) is 10.7. The number of benzene rings is 1. The topological polar surface area (TPSA) is 70.9 Å². The van der Waals surface area contributed by atoms with Crippen molar-refractivity contribution in [2.45, 2.75) is 19.5 Å². The van der Waals surface area contributed by atoms with Crippen LogP contribution in [0.5, 0.6) is 0 Å². The van der Waals surface area contributed by atoms with Gasteiger partial charge in [-0.1, -0.05) is 12.1 Å². The Hall–Kier alpha value is -1.81. The minimum atomic E-state index is -0.467. The van der Waals surface area contributed by atoms with Crippen molar-refractivity contribution in [3.8, 4) is 0 Å². The maximum Gasteiger partial charge on any atom is 0.236 e. The van der Waals surface area contributed by atoms with Gasteiger partial charge in [-0.3, -0.25) is 4.79 Å². The summed E-state index contributed by atoms with van der Waals surface area (Å²) in [5.74, 6) is -0.132. The van der Waals surface area contributed by atoms with Gasteiger partial charge >= 0.3 is 0 Å². The van der Waals surface area contributed by atoms with Gasteiger partial charge in [-0.25, -0.2) is 0 Å². The zero-order chi connectivity index (χ0) is 11.5. The van der Waals surface area contributed by atoms with Crippen LogP contribution in [0.25, 0.3) is 10.9 Å². The molecule has 0 bridgehead atoms. The number of carbonyl (C=O) groups excluding carboxylic acids is 1. The molecule has 16 heavy (non-hydrogen) atoms. The number of nitrogens with one attached hydrogen (secondary N) is 2. The average molecular weight is 217 g/mol.